The summed E-state index contributed by atoms with van der Waals surface area (Å²) >= 11 is 0. The molecular formula is C79H64N2. The van der Waals surface area contributed by atoms with E-state index < -0.39 is 0 Å². The Balaban J connectivity index is 1.09. The molecule has 0 fully saturated rings. The van der Waals surface area contributed by atoms with E-state index in [4.69, 9.17) is 0 Å². The highest BCUT2D eigenvalue weighted by Gasteiger charge is 2.28. The fourth-order valence-electron chi connectivity index (χ4n) is 12.8. The van der Waals surface area contributed by atoms with Crippen molar-refractivity contribution in [3.8, 4) is 33.4 Å². The van der Waals surface area contributed by atoms with E-state index >= 15 is 0 Å². The molecule has 0 saturated heterocycles. The van der Waals surface area contributed by atoms with E-state index in [9.17, 15) is 0 Å². The lowest BCUT2D eigenvalue weighted by Gasteiger charge is -2.32. The van der Waals surface area contributed by atoms with E-state index in [1.165, 1.54) is 105 Å². The third kappa shape index (κ3) is 9.51. The first kappa shape index (κ1) is 49.8. The average molecular weight is 1040 g/mol. The fourth-order valence-corrected chi connectivity index (χ4v) is 12.8. The zero-order valence-electron chi connectivity index (χ0n) is 46.4. The molecule has 81 heavy (non-hydrogen) atoms. The highest BCUT2D eigenvalue weighted by molar-refractivity contribution is 6.31. The summed E-state index contributed by atoms with van der Waals surface area (Å²) in [6.07, 6.45) is 25.1. The summed E-state index contributed by atoms with van der Waals surface area (Å²) in [7, 11) is 0. The second-order valence-corrected chi connectivity index (χ2v) is 22.5. The molecule has 390 valence electrons. The summed E-state index contributed by atoms with van der Waals surface area (Å²) in [5, 5.41) is 7.50. The molecule has 0 saturated carbocycles. The standard InChI is InChI=1S/C79H64N2/c1-53-31-37-59(38-32-53)65-26-16-30-69(50-65)81(68-29-15-25-64(49-68)58-21-11-6-12-22-58)77-52-75(61-41-35-55(3)36-42-61)71-43-45-72-76(51-74(60-39-33-54(2)34-40-60)70-44-46-73(77)79(71)78(70)72)80(66-27-13-23-62(47-66)56-17-7-4-8-18-56)67-28-14-24-63(48-67)57-19-9-5-10-20-57/h4-9,11-19,21-31,33-39,41-53,60H,10,20,32,40H2,1-3H3. The number of anilines is 6. The van der Waals surface area contributed by atoms with Crippen LogP contribution in [-0.2, 0) is 0 Å². The van der Waals surface area contributed by atoms with Gasteiger partial charge in [0.2, 0.25) is 0 Å². The molecule has 2 heteroatoms. The van der Waals surface area contributed by atoms with Crippen molar-refractivity contribution >= 4 is 77.6 Å². The van der Waals surface area contributed by atoms with Crippen LogP contribution in [0.5, 0.6) is 0 Å². The Bertz CT molecular complexity index is 4370. The van der Waals surface area contributed by atoms with Gasteiger partial charge in [-0.1, -0.05) is 230 Å². The Morgan fingerprint density at radius 3 is 1.54 bits per heavy atom. The molecule has 0 spiro atoms. The maximum atomic E-state index is 2.56. The van der Waals surface area contributed by atoms with Gasteiger partial charge in [-0.25, -0.2) is 0 Å². The molecule has 2 unspecified atom stereocenters. The fraction of sp³-hybridized carbons (Fsp3) is 0.114. The maximum absolute atomic E-state index is 2.56. The van der Waals surface area contributed by atoms with Crippen LogP contribution in [-0.4, -0.2) is 0 Å². The van der Waals surface area contributed by atoms with Crippen molar-refractivity contribution in [3.63, 3.8) is 0 Å². The molecule has 3 aliphatic carbocycles. The smallest absolute Gasteiger partial charge is 0.0546 e. The Morgan fingerprint density at radius 2 is 0.963 bits per heavy atom. The van der Waals surface area contributed by atoms with Crippen LogP contribution >= 0.6 is 0 Å². The van der Waals surface area contributed by atoms with Crippen molar-refractivity contribution in [1.82, 2.24) is 0 Å². The summed E-state index contributed by atoms with van der Waals surface area (Å²) in [5.41, 5.74) is 22.9. The molecule has 0 amide bonds. The monoisotopic (exact) mass is 1040 g/mol. The largest absolute Gasteiger partial charge is 0.310 e. The van der Waals surface area contributed by atoms with E-state index in [1.807, 2.05) is 0 Å². The van der Waals surface area contributed by atoms with Gasteiger partial charge in [0.1, 0.15) is 0 Å². The van der Waals surface area contributed by atoms with Crippen LogP contribution in [0.1, 0.15) is 67.7 Å². The molecule has 0 bridgehead atoms. The first-order valence-corrected chi connectivity index (χ1v) is 29.0. The predicted octanol–water partition coefficient (Wildman–Crippen LogP) is 22.5. The molecule has 0 heterocycles. The quantitative estimate of drug-likeness (QED) is 0.113. The zero-order valence-corrected chi connectivity index (χ0v) is 46.4. The van der Waals surface area contributed by atoms with Gasteiger partial charge in [0.15, 0.2) is 0 Å². The van der Waals surface area contributed by atoms with Crippen molar-refractivity contribution < 1.29 is 0 Å². The molecule has 2 nitrogen and oxygen atoms in total. The molecule has 0 N–H and O–H groups in total. The Hall–Kier alpha value is -9.50. The summed E-state index contributed by atoms with van der Waals surface area (Å²) < 4.78 is 0. The second kappa shape index (κ2) is 21.3. The predicted molar refractivity (Wildman–Crippen MR) is 348 cm³/mol. The molecule has 11 aromatic rings. The molecule has 2 atom stereocenters. The lowest BCUT2D eigenvalue weighted by Crippen LogP contribution is -2.13. The van der Waals surface area contributed by atoms with Crippen LogP contribution in [0, 0.1) is 12.8 Å². The van der Waals surface area contributed by atoms with E-state index in [1.54, 1.807) is 0 Å². The molecular weight excluding hydrogens is 977 g/mol. The number of aryl methyl sites for hydroxylation is 1. The normalized spacial score (nSPS) is 16.0. The Labute approximate surface area is 477 Å². The number of benzene rings is 11. The summed E-state index contributed by atoms with van der Waals surface area (Å²) in [4.78, 5) is 5.10. The third-order valence-electron chi connectivity index (χ3n) is 17.1. The van der Waals surface area contributed by atoms with Crippen LogP contribution < -0.4 is 9.80 Å². The van der Waals surface area contributed by atoms with Gasteiger partial charge in [-0.05, 0) is 183 Å². The van der Waals surface area contributed by atoms with Crippen molar-refractivity contribution in [2.45, 2.75) is 52.4 Å². The van der Waals surface area contributed by atoms with E-state index in [2.05, 4.69) is 304 Å². The van der Waals surface area contributed by atoms with Gasteiger partial charge in [0, 0.05) is 44.8 Å². The molecule has 3 aliphatic rings. The van der Waals surface area contributed by atoms with Crippen LogP contribution in [0.3, 0.4) is 0 Å². The highest BCUT2D eigenvalue weighted by Crippen LogP contribution is 2.53. The number of allylic oxidation sites excluding steroid dienone is 12. The molecule has 0 aromatic heterocycles. The van der Waals surface area contributed by atoms with Gasteiger partial charge in [-0.2, -0.15) is 0 Å². The first-order valence-electron chi connectivity index (χ1n) is 29.0. The van der Waals surface area contributed by atoms with Crippen molar-refractivity contribution in [2.75, 3.05) is 9.80 Å². The summed E-state index contributed by atoms with van der Waals surface area (Å²) in [6, 6.07) is 82.4. The van der Waals surface area contributed by atoms with Gasteiger partial charge >= 0.3 is 0 Å². The van der Waals surface area contributed by atoms with Crippen LogP contribution in [0.15, 0.2) is 279 Å². The van der Waals surface area contributed by atoms with Crippen LogP contribution in [0.25, 0.3) is 76.8 Å². The van der Waals surface area contributed by atoms with Crippen molar-refractivity contribution in [3.05, 3.63) is 301 Å². The topological polar surface area (TPSA) is 6.48 Å². The Kier molecular flexibility index (Phi) is 13.1. The summed E-state index contributed by atoms with van der Waals surface area (Å²) in [6.45, 7) is 6.71. The second-order valence-electron chi connectivity index (χ2n) is 22.5. The lowest BCUT2D eigenvalue weighted by molar-refractivity contribution is 0.739. The maximum Gasteiger partial charge on any atom is 0.0546 e. The molecule has 11 aromatic carbocycles. The van der Waals surface area contributed by atoms with E-state index in [0.29, 0.717) is 5.92 Å². The first-order chi connectivity index (χ1) is 39.9. The summed E-state index contributed by atoms with van der Waals surface area (Å²) in [5.74, 6) is 0.693. The number of nitrogens with zero attached hydrogens (tertiary/aromatic N) is 2. The number of rotatable bonds is 12. The van der Waals surface area contributed by atoms with Gasteiger partial charge in [-0.15, -0.1) is 0 Å². The number of hydrogen-bond donors (Lipinski definition) is 0. The highest BCUT2D eigenvalue weighted by atomic mass is 15.2. The van der Waals surface area contributed by atoms with Gasteiger partial charge in [0.05, 0.1) is 11.4 Å². The minimum atomic E-state index is 0.169. The number of hydrogen-bond acceptors (Lipinski definition) is 2. The van der Waals surface area contributed by atoms with Crippen molar-refractivity contribution in [1.29, 1.82) is 0 Å². The Morgan fingerprint density at radius 1 is 0.420 bits per heavy atom. The SMILES string of the molecule is CC1=CCC(c2cc(N(c3cccc(C4=CC=CCC4)c3)c3cccc(-c4ccccc4)c3)c3ccc4c(-c5ccc(C)cc5)cc(N(c5cccc(C6=CCC(C)C=C6)c5)c5cccc(-c6ccccc6)c5)c5ccc2c3c45)C=C1. The van der Waals surface area contributed by atoms with Gasteiger partial charge in [0.25, 0.3) is 0 Å². The molecule has 14 rings (SSSR count). The molecule has 0 radical (unpaired) electrons. The zero-order chi connectivity index (χ0) is 54.4. The average Bonchev–Trinajstić information content (AvgIpc) is 2.44. The molecule has 0 aliphatic heterocycles. The minimum absolute atomic E-state index is 0.169. The van der Waals surface area contributed by atoms with Crippen LogP contribution in [0.2, 0.25) is 0 Å². The van der Waals surface area contributed by atoms with Crippen LogP contribution in [0.4, 0.5) is 34.1 Å². The van der Waals surface area contributed by atoms with Gasteiger partial charge in [-0.3, -0.25) is 0 Å². The van der Waals surface area contributed by atoms with Crippen molar-refractivity contribution in [2.24, 2.45) is 5.92 Å². The third-order valence-corrected chi connectivity index (χ3v) is 17.1. The van der Waals surface area contributed by atoms with Gasteiger partial charge < -0.3 is 9.80 Å². The van der Waals surface area contributed by atoms with E-state index in [-0.39, 0.29) is 5.92 Å². The van der Waals surface area contributed by atoms with E-state index in [0.717, 1.165) is 59.8 Å². The minimum Gasteiger partial charge on any atom is -0.310 e. The lowest BCUT2D eigenvalue weighted by atomic mass is 9.82.